The topological polar surface area (TPSA) is 90.4 Å². The van der Waals surface area contributed by atoms with E-state index in [1.807, 2.05) is 21.9 Å². The number of hydrogen-bond acceptors (Lipinski definition) is 5. The number of unbranched alkanes of at least 4 members (excludes halogenated alkanes) is 2. The molecule has 0 aliphatic carbocycles. The number of carbonyl (C=O) groups is 3. The SMILES string of the molecule is CCCCN(CCCC[N+](C)(C)C)C(=O)CN1C[C@H](c2ccc3c(c2)CCO3)C(C(=O)O)[C@@H]1CCN1CCCC1=O. The molecular formula is C32H51N4O5+. The highest BCUT2D eigenvalue weighted by atomic mass is 16.5. The molecule has 0 spiro atoms. The maximum Gasteiger partial charge on any atom is 0.308 e. The molecule has 0 radical (unpaired) electrons. The van der Waals surface area contributed by atoms with Crippen molar-refractivity contribution in [3.63, 3.8) is 0 Å². The zero-order valence-electron chi connectivity index (χ0n) is 25.6. The molecule has 4 rings (SSSR count). The zero-order valence-corrected chi connectivity index (χ0v) is 25.6. The highest BCUT2D eigenvalue weighted by Gasteiger charge is 2.47. The maximum atomic E-state index is 13.8. The molecule has 228 valence electrons. The van der Waals surface area contributed by atoms with Gasteiger partial charge in [-0.2, -0.15) is 0 Å². The molecule has 3 atom stereocenters. The van der Waals surface area contributed by atoms with Crippen molar-refractivity contribution < 1.29 is 28.7 Å². The molecule has 0 bridgehead atoms. The van der Waals surface area contributed by atoms with Gasteiger partial charge in [-0.05, 0) is 49.3 Å². The fraction of sp³-hybridized carbons (Fsp3) is 0.719. The summed E-state index contributed by atoms with van der Waals surface area (Å²) in [6, 6.07) is 5.76. The van der Waals surface area contributed by atoms with Gasteiger partial charge >= 0.3 is 5.97 Å². The van der Waals surface area contributed by atoms with E-state index in [-0.39, 0.29) is 30.3 Å². The third-order valence-electron chi connectivity index (χ3n) is 9.02. The van der Waals surface area contributed by atoms with E-state index in [0.29, 0.717) is 32.5 Å². The maximum absolute atomic E-state index is 13.8. The van der Waals surface area contributed by atoms with E-state index in [2.05, 4.69) is 39.0 Å². The molecule has 0 aromatic heterocycles. The molecule has 2 amide bonds. The van der Waals surface area contributed by atoms with Crippen molar-refractivity contribution >= 4 is 17.8 Å². The number of hydrogen-bond donors (Lipinski definition) is 1. The second kappa shape index (κ2) is 14.0. The molecule has 2 saturated heterocycles. The Hall–Kier alpha value is -2.65. The lowest BCUT2D eigenvalue weighted by molar-refractivity contribution is -0.870. The van der Waals surface area contributed by atoms with Crippen molar-refractivity contribution in [2.75, 3.05) is 73.6 Å². The van der Waals surface area contributed by atoms with Gasteiger partial charge in [0.15, 0.2) is 0 Å². The van der Waals surface area contributed by atoms with Crippen molar-refractivity contribution in [1.29, 1.82) is 0 Å². The Kier molecular flexibility index (Phi) is 10.7. The molecule has 3 heterocycles. The van der Waals surface area contributed by atoms with Crippen LogP contribution in [0.5, 0.6) is 5.75 Å². The fourth-order valence-corrected chi connectivity index (χ4v) is 6.73. The molecule has 2 fully saturated rings. The summed E-state index contributed by atoms with van der Waals surface area (Å²) in [5.41, 5.74) is 2.13. The number of fused-ring (bicyclic) bond motifs is 1. The minimum atomic E-state index is -0.831. The molecular weight excluding hydrogens is 520 g/mol. The number of rotatable bonds is 15. The fourth-order valence-electron chi connectivity index (χ4n) is 6.73. The summed E-state index contributed by atoms with van der Waals surface area (Å²) in [6.07, 6.45) is 6.80. The van der Waals surface area contributed by atoms with Crippen LogP contribution in [0.3, 0.4) is 0 Å². The first-order valence-electron chi connectivity index (χ1n) is 15.7. The lowest BCUT2D eigenvalue weighted by atomic mass is 9.83. The van der Waals surface area contributed by atoms with Gasteiger partial charge in [0, 0.05) is 57.5 Å². The van der Waals surface area contributed by atoms with Gasteiger partial charge in [0.1, 0.15) is 5.75 Å². The lowest BCUT2D eigenvalue weighted by Gasteiger charge is -2.31. The van der Waals surface area contributed by atoms with Crippen molar-refractivity contribution in [1.82, 2.24) is 14.7 Å². The molecule has 3 aliphatic rings. The first kappa shape index (κ1) is 31.3. The number of amides is 2. The van der Waals surface area contributed by atoms with Gasteiger partial charge in [0.2, 0.25) is 11.8 Å². The number of carboxylic acid groups (broad SMARTS) is 1. The van der Waals surface area contributed by atoms with Crippen molar-refractivity contribution in [3.8, 4) is 5.75 Å². The van der Waals surface area contributed by atoms with Crippen LogP contribution in [0, 0.1) is 5.92 Å². The third kappa shape index (κ3) is 8.22. The molecule has 1 unspecified atom stereocenters. The molecule has 41 heavy (non-hydrogen) atoms. The Labute approximate surface area is 246 Å². The molecule has 1 N–H and O–H groups in total. The first-order valence-corrected chi connectivity index (χ1v) is 15.7. The molecule has 0 saturated carbocycles. The predicted molar refractivity (Wildman–Crippen MR) is 159 cm³/mol. The Morgan fingerprint density at radius 1 is 1.12 bits per heavy atom. The Bertz CT molecular complexity index is 1070. The largest absolute Gasteiger partial charge is 0.493 e. The highest BCUT2D eigenvalue weighted by Crippen LogP contribution is 2.41. The second-order valence-corrected chi connectivity index (χ2v) is 13.2. The van der Waals surface area contributed by atoms with E-state index in [4.69, 9.17) is 4.74 Å². The number of nitrogens with zero attached hydrogens (tertiary/aromatic N) is 4. The average molecular weight is 572 g/mol. The average Bonchev–Trinajstić information content (AvgIpc) is 3.64. The van der Waals surface area contributed by atoms with Crippen LogP contribution in [0.15, 0.2) is 18.2 Å². The van der Waals surface area contributed by atoms with Gasteiger partial charge in [0.05, 0.1) is 46.8 Å². The Morgan fingerprint density at radius 2 is 1.90 bits per heavy atom. The number of ether oxygens (including phenoxy) is 1. The van der Waals surface area contributed by atoms with E-state index in [1.54, 1.807) is 0 Å². The van der Waals surface area contributed by atoms with Crippen LogP contribution in [-0.4, -0.2) is 122 Å². The summed E-state index contributed by atoms with van der Waals surface area (Å²) in [7, 11) is 6.56. The second-order valence-electron chi connectivity index (χ2n) is 13.2. The van der Waals surface area contributed by atoms with Crippen molar-refractivity contribution in [2.24, 2.45) is 5.92 Å². The number of benzene rings is 1. The highest BCUT2D eigenvalue weighted by molar-refractivity contribution is 5.79. The van der Waals surface area contributed by atoms with Gasteiger partial charge < -0.3 is 24.1 Å². The van der Waals surface area contributed by atoms with Gasteiger partial charge in [-0.1, -0.05) is 25.5 Å². The van der Waals surface area contributed by atoms with Crippen molar-refractivity contribution in [3.05, 3.63) is 29.3 Å². The summed E-state index contributed by atoms with van der Waals surface area (Å²) in [5, 5.41) is 10.5. The van der Waals surface area contributed by atoms with Crippen LogP contribution in [-0.2, 0) is 20.8 Å². The monoisotopic (exact) mass is 571 g/mol. The van der Waals surface area contributed by atoms with Gasteiger partial charge in [-0.3, -0.25) is 19.3 Å². The first-order chi connectivity index (χ1) is 19.6. The molecule has 9 nitrogen and oxygen atoms in total. The van der Waals surface area contributed by atoms with Crippen LogP contribution < -0.4 is 4.74 Å². The summed E-state index contributed by atoms with van der Waals surface area (Å²) < 4.78 is 6.60. The van der Waals surface area contributed by atoms with Crippen LogP contribution in [0.25, 0.3) is 0 Å². The lowest BCUT2D eigenvalue weighted by Crippen LogP contribution is -2.46. The minimum Gasteiger partial charge on any atom is -0.493 e. The molecule has 1 aromatic rings. The van der Waals surface area contributed by atoms with Crippen LogP contribution in [0.4, 0.5) is 0 Å². The molecule has 1 aromatic carbocycles. The van der Waals surface area contributed by atoms with Crippen LogP contribution >= 0.6 is 0 Å². The molecule has 3 aliphatic heterocycles. The van der Waals surface area contributed by atoms with E-state index in [1.165, 1.54) is 0 Å². The smallest absolute Gasteiger partial charge is 0.308 e. The summed E-state index contributed by atoms with van der Waals surface area (Å²) in [6.45, 7) is 7.32. The number of quaternary nitrogens is 1. The van der Waals surface area contributed by atoms with E-state index >= 15 is 0 Å². The minimum absolute atomic E-state index is 0.0816. The normalized spacial score (nSPS) is 22.7. The van der Waals surface area contributed by atoms with E-state index in [9.17, 15) is 19.5 Å². The van der Waals surface area contributed by atoms with Crippen molar-refractivity contribution in [2.45, 2.75) is 70.3 Å². The number of carboxylic acids is 1. The predicted octanol–water partition coefficient (Wildman–Crippen LogP) is 3.22. The van der Waals surface area contributed by atoms with Gasteiger partial charge in [-0.25, -0.2) is 0 Å². The summed E-state index contributed by atoms with van der Waals surface area (Å²) in [5.74, 6) is -0.590. The van der Waals surface area contributed by atoms with E-state index < -0.39 is 11.9 Å². The standard InChI is InChI=1S/C32H50N4O5/c1-5-6-15-33(16-7-8-19-36(2,3)4)30(38)23-35-22-26(24-11-12-28-25(21-24)14-20-41-28)31(32(39)40)27(35)13-18-34-17-9-10-29(34)37/h11-12,21,26-27,31H,5-10,13-20,22-23H2,1-4H3/p+1/t26-,27+,31?/m1/s1. The van der Waals surface area contributed by atoms with E-state index in [0.717, 1.165) is 86.1 Å². The number of likely N-dealkylation sites (tertiary alicyclic amines) is 2. The van der Waals surface area contributed by atoms with Crippen LogP contribution in [0.2, 0.25) is 0 Å². The van der Waals surface area contributed by atoms with Crippen LogP contribution in [0.1, 0.15) is 68.9 Å². The summed E-state index contributed by atoms with van der Waals surface area (Å²) >= 11 is 0. The molecule has 9 heteroatoms. The number of carbonyl (C=O) groups excluding carboxylic acids is 2. The third-order valence-corrected chi connectivity index (χ3v) is 9.02. The van der Waals surface area contributed by atoms with Gasteiger partial charge in [0.25, 0.3) is 0 Å². The Balaban J connectivity index is 1.52. The van der Waals surface area contributed by atoms with Gasteiger partial charge in [-0.15, -0.1) is 0 Å². The zero-order chi connectivity index (χ0) is 29.6. The summed E-state index contributed by atoms with van der Waals surface area (Å²) in [4.78, 5) is 44.9. The Morgan fingerprint density at radius 3 is 2.59 bits per heavy atom. The number of aliphatic carboxylic acids is 1. The quantitative estimate of drug-likeness (QED) is 0.257.